The Hall–Kier alpha value is -1.98. The van der Waals surface area contributed by atoms with Crippen molar-refractivity contribution in [3.05, 3.63) is 66.5 Å². The van der Waals surface area contributed by atoms with Gasteiger partial charge in [0.1, 0.15) is 5.82 Å². The predicted molar refractivity (Wildman–Crippen MR) is 120 cm³/mol. The normalized spacial score (nSPS) is 22.5. The monoisotopic (exact) mass is 410 g/mol. The number of piperazine rings is 1. The minimum atomic E-state index is -0.247. The summed E-state index contributed by atoms with van der Waals surface area (Å²) < 4.78 is 13.5. The molecule has 4 nitrogen and oxygen atoms in total. The first kappa shape index (κ1) is 21.3. The van der Waals surface area contributed by atoms with Crippen LogP contribution in [0.1, 0.15) is 50.5 Å². The van der Waals surface area contributed by atoms with E-state index < -0.39 is 0 Å². The molecule has 3 aliphatic rings. The van der Waals surface area contributed by atoms with Gasteiger partial charge in [0.2, 0.25) is 0 Å². The van der Waals surface area contributed by atoms with E-state index in [2.05, 4.69) is 44.5 Å². The summed E-state index contributed by atoms with van der Waals surface area (Å²) in [6.45, 7) is 10.1. The van der Waals surface area contributed by atoms with E-state index in [1.165, 1.54) is 44.0 Å². The van der Waals surface area contributed by atoms with Crippen molar-refractivity contribution in [2.75, 3.05) is 32.7 Å². The molecule has 0 bridgehead atoms. The molecule has 5 heteroatoms. The Balaban J connectivity index is 1.42. The zero-order chi connectivity index (χ0) is 20.8. The summed E-state index contributed by atoms with van der Waals surface area (Å²) in [5, 5.41) is 0. The van der Waals surface area contributed by atoms with Crippen LogP contribution in [0.3, 0.4) is 0 Å². The molecule has 1 aromatic rings. The lowest BCUT2D eigenvalue weighted by Crippen LogP contribution is -2.61. The highest BCUT2D eigenvalue weighted by Crippen LogP contribution is 2.36. The summed E-state index contributed by atoms with van der Waals surface area (Å²) in [6.07, 6.45) is 20.7. The molecule has 2 heterocycles. The van der Waals surface area contributed by atoms with Crippen molar-refractivity contribution >= 4 is 0 Å². The Labute approximate surface area is 180 Å². The summed E-state index contributed by atoms with van der Waals surface area (Å²) in [5.74, 6) is -0.247. The van der Waals surface area contributed by atoms with Crippen LogP contribution in [0.2, 0.25) is 0 Å². The van der Waals surface area contributed by atoms with Gasteiger partial charge < -0.3 is 4.90 Å². The van der Waals surface area contributed by atoms with Gasteiger partial charge in [-0.1, -0.05) is 38.0 Å². The fourth-order valence-electron chi connectivity index (χ4n) is 5.36. The molecule has 2 aliphatic carbocycles. The van der Waals surface area contributed by atoms with Crippen molar-refractivity contribution in [1.82, 2.24) is 19.7 Å². The lowest BCUT2D eigenvalue weighted by molar-refractivity contribution is -0.00505. The quantitative estimate of drug-likeness (QED) is 0.649. The molecule has 0 amide bonds. The Bertz CT molecular complexity index is 773. The number of nitrogens with zero attached hydrogens (tertiary/aromatic N) is 4. The zero-order valence-corrected chi connectivity index (χ0v) is 18.1. The largest absolute Gasteiger partial charge is 0.347 e. The smallest absolute Gasteiger partial charge is 0.141 e. The van der Waals surface area contributed by atoms with Crippen molar-refractivity contribution in [3.8, 4) is 0 Å². The summed E-state index contributed by atoms with van der Waals surface area (Å²) in [6, 6.07) is 1.61. The van der Waals surface area contributed by atoms with Crippen molar-refractivity contribution in [2.24, 2.45) is 0 Å². The van der Waals surface area contributed by atoms with Gasteiger partial charge in [-0.15, -0.1) is 0 Å². The van der Waals surface area contributed by atoms with Gasteiger partial charge in [-0.2, -0.15) is 0 Å². The van der Waals surface area contributed by atoms with E-state index in [0.717, 1.165) is 57.7 Å². The van der Waals surface area contributed by atoms with Gasteiger partial charge in [-0.05, 0) is 49.6 Å². The van der Waals surface area contributed by atoms with Gasteiger partial charge in [-0.25, -0.2) is 4.39 Å². The van der Waals surface area contributed by atoms with Crippen LogP contribution < -0.4 is 0 Å². The molecule has 1 aliphatic heterocycles. The van der Waals surface area contributed by atoms with Gasteiger partial charge in [0.05, 0.1) is 6.20 Å². The molecule has 0 aromatic carbocycles. The van der Waals surface area contributed by atoms with E-state index in [4.69, 9.17) is 0 Å². The van der Waals surface area contributed by atoms with Crippen LogP contribution in [0.5, 0.6) is 0 Å². The minimum absolute atomic E-state index is 0.227. The third kappa shape index (κ3) is 5.01. The summed E-state index contributed by atoms with van der Waals surface area (Å²) in [5.41, 5.74) is 2.49. The average Bonchev–Trinajstić information content (AvgIpc) is 2.79. The molecule has 0 N–H and O–H groups in total. The highest BCUT2D eigenvalue weighted by atomic mass is 19.1. The SMILES string of the molecule is C=CN(CC1(N2CCN(Cc3cncc(F)c3)CC2)CCCCC1)C1=CCCC=C1. The van der Waals surface area contributed by atoms with Crippen molar-refractivity contribution < 1.29 is 4.39 Å². The number of aromatic nitrogens is 1. The highest BCUT2D eigenvalue weighted by molar-refractivity contribution is 5.23. The van der Waals surface area contributed by atoms with Crippen molar-refractivity contribution in [3.63, 3.8) is 0 Å². The summed E-state index contributed by atoms with van der Waals surface area (Å²) >= 11 is 0. The van der Waals surface area contributed by atoms with Crippen LogP contribution in [0.25, 0.3) is 0 Å². The first-order valence-corrected chi connectivity index (χ1v) is 11.5. The van der Waals surface area contributed by atoms with E-state index in [-0.39, 0.29) is 11.4 Å². The van der Waals surface area contributed by atoms with E-state index in [1.807, 2.05) is 6.20 Å². The lowest BCUT2D eigenvalue weighted by Gasteiger charge is -2.51. The maximum atomic E-state index is 13.5. The Morgan fingerprint density at radius 2 is 1.90 bits per heavy atom. The molecular weight excluding hydrogens is 375 g/mol. The number of pyridine rings is 1. The van der Waals surface area contributed by atoms with Gasteiger partial charge in [0, 0.05) is 56.7 Å². The Morgan fingerprint density at radius 3 is 2.57 bits per heavy atom. The minimum Gasteiger partial charge on any atom is -0.347 e. The summed E-state index contributed by atoms with van der Waals surface area (Å²) in [4.78, 5) is 11.6. The fraction of sp³-hybridized carbons (Fsp3) is 0.560. The second-order valence-corrected chi connectivity index (χ2v) is 8.98. The second kappa shape index (κ2) is 9.88. The maximum Gasteiger partial charge on any atom is 0.141 e. The number of hydrogen-bond donors (Lipinski definition) is 0. The molecule has 30 heavy (non-hydrogen) atoms. The van der Waals surface area contributed by atoms with E-state index in [0.29, 0.717) is 0 Å². The lowest BCUT2D eigenvalue weighted by atomic mass is 9.79. The highest BCUT2D eigenvalue weighted by Gasteiger charge is 2.40. The Morgan fingerprint density at radius 1 is 1.10 bits per heavy atom. The van der Waals surface area contributed by atoms with Crippen LogP contribution in [-0.4, -0.2) is 57.9 Å². The maximum absolute atomic E-state index is 13.5. The topological polar surface area (TPSA) is 22.6 Å². The van der Waals surface area contributed by atoms with Gasteiger partial charge >= 0.3 is 0 Å². The first-order chi connectivity index (χ1) is 14.7. The molecule has 0 radical (unpaired) electrons. The molecular formula is C25H35FN4. The van der Waals surface area contributed by atoms with E-state index in [9.17, 15) is 4.39 Å². The predicted octanol–water partition coefficient (Wildman–Crippen LogP) is 4.72. The molecule has 0 atom stereocenters. The molecule has 0 unspecified atom stereocenters. The molecule has 1 saturated heterocycles. The number of allylic oxidation sites excluding steroid dienone is 3. The van der Waals surface area contributed by atoms with E-state index in [1.54, 1.807) is 12.3 Å². The molecule has 162 valence electrons. The summed E-state index contributed by atoms with van der Waals surface area (Å²) in [7, 11) is 0. The fourth-order valence-corrected chi connectivity index (χ4v) is 5.36. The zero-order valence-electron chi connectivity index (χ0n) is 18.1. The molecule has 0 spiro atoms. The average molecular weight is 411 g/mol. The van der Waals surface area contributed by atoms with Crippen LogP contribution in [0.15, 0.2) is 55.2 Å². The number of hydrogen-bond acceptors (Lipinski definition) is 4. The van der Waals surface area contributed by atoms with Crippen LogP contribution in [0, 0.1) is 5.82 Å². The van der Waals surface area contributed by atoms with Gasteiger partial charge in [-0.3, -0.25) is 14.8 Å². The number of halogens is 1. The number of rotatable bonds is 7. The van der Waals surface area contributed by atoms with Crippen LogP contribution >= 0.6 is 0 Å². The molecule has 1 saturated carbocycles. The van der Waals surface area contributed by atoms with Gasteiger partial charge in [0.25, 0.3) is 0 Å². The van der Waals surface area contributed by atoms with Gasteiger partial charge in [0.15, 0.2) is 0 Å². The first-order valence-electron chi connectivity index (χ1n) is 11.5. The van der Waals surface area contributed by atoms with E-state index >= 15 is 0 Å². The van der Waals surface area contributed by atoms with Crippen molar-refractivity contribution in [1.29, 1.82) is 0 Å². The second-order valence-electron chi connectivity index (χ2n) is 8.98. The van der Waals surface area contributed by atoms with Crippen LogP contribution in [-0.2, 0) is 6.54 Å². The molecule has 1 aromatic heterocycles. The Kier molecular flexibility index (Phi) is 7.00. The van der Waals surface area contributed by atoms with Crippen LogP contribution in [0.4, 0.5) is 4.39 Å². The van der Waals surface area contributed by atoms with Crippen molar-refractivity contribution in [2.45, 2.75) is 57.0 Å². The third-order valence-corrected chi connectivity index (χ3v) is 6.99. The molecule has 4 rings (SSSR count). The molecule has 2 fully saturated rings. The standard InChI is InChI=1S/C25H35FN4/c1-2-29(24-9-5-3-6-10-24)21-25(11-7-4-8-12-25)30-15-13-28(14-16-30)20-22-17-23(26)19-27-18-22/h2,5,9-10,17-19H,1,3-4,6-8,11-16,20-21H2. The third-order valence-electron chi connectivity index (χ3n) is 6.99.